The predicted octanol–water partition coefficient (Wildman–Crippen LogP) is 4.85. The fourth-order valence-electron chi connectivity index (χ4n) is 2.94. The Hall–Kier alpha value is -3.27. The van der Waals surface area contributed by atoms with Crippen molar-refractivity contribution >= 4 is 17.5 Å². The Morgan fingerprint density at radius 1 is 1.00 bits per heavy atom. The van der Waals surface area contributed by atoms with E-state index in [1.54, 1.807) is 18.3 Å². The topological polar surface area (TPSA) is 37.3 Å². The van der Waals surface area contributed by atoms with Crippen LogP contribution in [0.1, 0.15) is 22.4 Å². The lowest BCUT2D eigenvalue weighted by Crippen LogP contribution is -2.03. The Bertz CT molecular complexity index is 978. The van der Waals surface area contributed by atoms with Crippen molar-refractivity contribution in [2.75, 3.05) is 5.32 Å². The maximum atomic E-state index is 13.8. The zero-order valence-electron chi connectivity index (χ0n) is 14.2. The van der Waals surface area contributed by atoms with Crippen molar-refractivity contribution in [1.29, 1.82) is 0 Å². The standard InChI is InChI=1S/C22H18FN3/c23-21-7-2-1-5-17(21)15-25-19-9-8-16-14-26-22(20(16)13-19)11-10-18-6-3-4-12-24-18/h1-13,25H,14-15H2/b11-10+. The van der Waals surface area contributed by atoms with Gasteiger partial charge in [0.15, 0.2) is 0 Å². The van der Waals surface area contributed by atoms with Crippen molar-refractivity contribution < 1.29 is 4.39 Å². The molecule has 0 fully saturated rings. The van der Waals surface area contributed by atoms with Crippen LogP contribution in [0.5, 0.6) is 0 Å². The molecule has 1 aliphatic rings. The van der Waals surface area contributed by atoms with E-state index < -0.39 is 0 Å². The van der Waals surface area contributed by atoms with Crippen LogP contribution in [-0.2, 0) is 13.1 Å². The van der Waals surface area contributed by atoms with E-state index in [4.69, 9.17) is 0 Å². The summed E-state index contributed by atoms with van der Waals surface area (Å²) < 4.78 is 13.8. The fraction of sp³-hybridized carbons (Fsp3) is 0.0909. The van der Waals surface area contributed by atoms with Crippen molar-refractivity contribution in [3.05, 3.63) is 101 Å². The zero-order chi connectivity index (χ0) is 17.8. The number of benzene rings is 2. The molecule has 128 valence electrons. The number of nitrogens with one attached hydrogen (secondary N) is 1. The molecule has 1 aliphatic heterocycles. The van der Waals surface area contributed by atoms with Crippen molar-refractivity contribution in [2.24, 2.45) is 4.99 Å². The highest BCUT2D eigenvalue weighted by atomic mass is 19.1. The second kappa shape index (κ2) is 7.31. The van der Waals surface area contributed by atoms with Crippen LogP contribution in [0, 0.1) is 5.82 Å². The third-order valence-electron chi connectivity index (χ3n) is 4.35. The molecule has 2 heterocycles. The van der Waals surface area contributed by atoms with Crippen LogP contribution in [0.2, 0.25) is 0 Å². The first-order valence-corrected chi connectivity index (χ1v) is 8.54. The van der Waals surface area contributed by atoms with Gasteiger partial charge in [-0.2, -0.15) is 0 Å². The second-order valence-electron chi connectivity index (χ2n) is 6.11. The largest absolute Gasteiger partial charge is 0.381 e. The van der Waals surface area contributed by atoms with Crippen LogP contribution in [0.4, 0.5) is 10.1 Å². The number of fused-ring (bicyclic) bond motifs is 1. The van der Waals surface area contributed by atoms with Crippen molar-refractivity contribution in [1.82, 2.24) is 4.98 Å². The maximum absolute atomic E-state index is 13.8. The van der Waals surface area contributed by atoms with E-state index in [1.807, 2.05) is 42.5 Å². The Morgan fingerprint density at radius 3 is 2.73 bits per heavy atom. The Labute approximate surface area is 152 Å². The summed E-state index contributed by atoms with van der Waals surface area (Å²) in [5.41, 5.74) is 5.75. The van der Waals surface area contributed by atoms with E-state index in [1.165, 1.54) is 11.6 Å². The first-order chi connectivity index (χ1) is 12.8. The van der Waals surface area contributed by atoms with Crippen molar-refractivity contribution in [3.8, 4) is 0 Å². The highest BCUT2D eigenvalue weighted by Crippen LogP contribution is 2.24. The number of anilines is 1. The third kappa shape index (κ3) is 3.54. The van der Waals surface area contributed by atoms with E-state index in [2.05, 4.69) is 27.4 Å². The van der Waals surface area contributed by atoms with E-state index in [9.17, 15) is 4.39 Å². The summed E-state index contributed by atoms with van der Waals surface area (Å²) in [7, 11) is 0. The van der Waals surface area contributed by atoms with Crippen LogP contribution in [-0.4, -0.2) is 10.7 Å². The molecular weight excluding hydrogens is 325 g/mol. The molecule has 26 heavy (non-hydrogen) atoms. The van der Waals surface area contributed by atoms with E-state index in [0.29, 0.717) is 18.7 Å². The summed E-state index contributed by atoms with van der Waals surface area (Å²) in [4.78, 5) is 8.90. The summed E-state index contributed by atoms with van der Waals surface area (Å²) in [6.07, 6.45) is 5.73. The number of hydrogen-bond donors (Lipinski definition) is 1. The lowest BCUT2D eigenvalue weighted by atomic mass is 10.0. The highest BCUT2D eigenvalue weighted by Gasteiger charge is 2.14. The number of aliphatic imine (C=N–C) groups is 1. The van der Waals surface area contributed by atoms with Gasteiger partial charge in [-0.05, 0) is 48.0 Å². The minimum absolute atomic E-state index is 0.193. The summed E-state index contributed by atoms with van der Waals surface area (Å²) in [5.74, 6) is -0.193. The quantitative estimate of drug-likeness (QED) is 0.719. The molecule has 0 saturated carbocycles. The Morgan fingerprint density at radius 2 is 1.88 bits per heavy atom. The number of halogens is 1. The number of pyridine rings is 1. The van der Waals surface area contributed by atoms with Gasteiger partial charge in [-0.1, -0.05) is 30.3 Å². The summed E-state index contributed by atoms with van der Waals surface area (Å²) in [5, 5.41) is 3.29. The fourth-order valence-corrected chi connectivity index (χ4v) is 2.94. The minimum atomic E-state index is -0.193. The van der Waals surface area contributed by atoms with Gasteiger partial charge in [-0.15, -0.1) is 0 Å². The van der Waals surface area contributed by atoms with Crippen molar-refractivity contribution in [2.45, 2.75) is 13.1 Å². The Kier molecular flexibility index (Phi) is 4.56. The smallest absolute Gasteiger partial charge is 0.128 e. The molecule has 0 amide bonds. The number of hydrogen-bond acceptors (Lipinski definition) is 3. The van der Waals surface area contributed by atoms with Crippen LogP contribution < -0.4 is 5.32 Å². The first-order valence-electron chi connectivity index (χ1n) is 8.54. The molecule has 1 N–H and O–H groups in total. The molecule has 4 heteroatoms. The summed E-state index contributed by atoms with van der Waals surface area (Å²) >= 11 is 0. The zero-order valence-corrected chi connectivity index (χ0v) is 14.2. The van der Waals surface area contributed by atoms with Gasteiger partial charge in [-0.25, -0.2) is 4.39 Å². The molecule has 4 rings (SSSR count). The van der Waals surface area contributed by atoms with E-state index in [0.717, 1.165) is 22.7 Å². The molecular formula is C22H18FN3. The minimum Gasteiger partial charge on any atom is -0.381 e. The van der Waals surface area contributed by atoms with Gasteiger partial charge < -0.3 is 5.32 Å². The molecule has 1 aromatic heterocycles. The van der Waals surface area contributed by atoms with E-state index >= 15 is 0 Å². The van der Waals surface area contributed by atoms with Crippen LogP contribution in [0.15, 0.2) is 77.9 Å². The number of nitrogens with zero attached hydrogens (tertiary/aromatic N) is 2. The third-order valence-corrected chi connectivity index (χ3v) is 4.35. The van der Waals surface area contributed by atoms with Crippen molar-refractivity contribution in [3.63, 3.8) is 0 Å². The van der Waals surface area contributed by atoms with Gasteiger partial charge in [0.1, 0.15) is 5.82 Å². The predicted molar refractivity (Wildman–Crippen MR) is 104 cm³/mol. The average molecular weight is 343 g/mol. The van der Waals surface area contributed by atoms with E-state index in [-0.39, 0.29) is 5.82 Å². The molecule has 0 atom stereocenters. The molecule has 3 aromatic rings. The molecule has 0 unspecified atom stereocenters. The van der Waals surface area contributed by atoms with Crippen LogP contribution in [0.3, 0.4) is 0 Å². The molecule has 3 nitrogen and oxygen atoms in total. The van der Waals surface area contributed by atoms with Gasteiger partial charge in [0.25, 0.3) is 0 Å². The van der Waals surface area contributed by atoms with Crippen LogP contribution in [0.25, 0.3) is 6.08 Å². The first kappa shape index (κ1) is 16.2. The number of rotatable bonds is 5. The van der Waals surface area contributed by atoms with Gasteiger partial charge >= 0.3 is 0 Å². The SMILES string of the molecule is Fc1ccccc1CNc1ccc2c(c1)C(/C=C/c1ccccn1)=NC2. The van der Waals surface area contributed by atoms with Gasteiger partial charge in [-0.3, -0.25) is 9.98 Å². The van der Waals surface area contributed by atoms with Gasteiger partial charge in [0.2, 0.25) is 0 Å². The highest BCUT2D eigenvalue weighted by molar-refractivity contribution is 6.13. The molecule has 2 aromatic carbocycles. The molecule has 0 saturated heterocycles. The molecule has 0 spiro atoms. The van der Waals surface area contributed by atoms with Gasteiger partial charge in [0.05, 0.1) is 18.0 Å². The molecule has 0 bridgehead atoms. The van der Waals surface area contributed by atoms with Crippen LogP contribution >= 0.6 is 0 Å². The summed E-state index contributed by atoms with van der Waals surface area (Å²) in [6, 6.07) is 18.8. The summed E-state index contributed by atoms with van der Waals surface area (Å²) in [6.45, 7) is 1.13. The number of aromatic nitrogens is 1. The lowest BCUT2D eigenvalue weighted by molar-refractivity contribution is 0.613. The lowest BCUT2D eigenvalue weighted by Gasteiger charge is -2.09. The van der Waals surface area contributed by atoms with Gasteiger partial charge in [0, 0.05) is 29.6 Å². The normalized spacial score (nSPS) is 12.9. The molecule has 0 aliphatic carbocycles. The monoisotopic (exact) mass is 343 g/mol. The Balaban J connectivity index is 1.50. The average Bonchev–Trinajstić information content (AvgIpc) is 3.09. The molecule has 0 radical (unpaired) electrons. The maximum Gasteiger partial charge on any atom is 0.128 e. The second-order valence-corrected chi connectivity index (χ2v) is 6.11. The number of allylic oxidation sites excluding steroid dienone is 1.